The van der Waals surface area contributed by atoms with Crippen molar-refractivity contribution >= 4 is 5.88 Å². The van der Waals surface area contributed by atoms with E-state index in [4.69, 9.17) is 9.15 Å². The van der Waals surface area contributed by atoms with E-state index in [0.717, 1.165) is 51.4 Å². The third-order valence-electron chi connectivity index (χ3n) is 3.79. The number of aromatic nitrogens is 1. The molecule has 6 heteroatoms. The molecule has 1 aromatic carbocycles. The number of nitriles is 1. The van der Waals surface area contributed by atoms with Gasteiger partial charge in [0.25, 0.3) is 0 Å². The third-order valence-corrected chi connectivity index (χ3v) is 3.79. The van der Waals surface area contributed by atoms with Gasteiger partial charge in [-0.25, -0.2) is 0 Å². The fourth-order valence-electron chi connectivity index (χ4n) is 2.55. The molecule has 0 atom stereocenters. The van der Waals surface area contributed by atoms with Crippen molar-refractivity contribution in [3.05, 3.63) is 36.0 Å². The minimum absolute atomic E-state index is 0.301. The van der Waals surface area contributed by atoms with E-state index in [1.54, 1.807) is 0 Å². The maximum Gasteiger partial charge on any atom is 0.232 e. The quantitative estimate of drug-likeness (QED) is 0.825. The molecule has 23 heavy (non-hydrogen) atoms. The van der Waals surface area contributed by atoms with Gasteiger partial charge in [0.05, 0.1) is 13.2 Å². The summed E-state index contributed by atoms with van der Waals surface area (Å²) in [6.45, 7) is 5.37. The number of nitrogens with zero attached hydrogens (tertiary/aromatic N) is 3. The van der Waals surface area contributed by atoms with Crippen LogP contribution in [0.4, 0.5) is 5.88 Å². The zero-order valence-electron chi connectivity index (χ0n) is 13.0. The molecule has 0 radical (unpaired) electrons. The monoisotopic (exact) mass is 312 g/mol. The number of morpholine rings is 1. The fraction of sp³-hybridized carbons (Fsp3) is 0.412. The SMILES string of the molecule is N#Cc1nc(-c2ccccc2)oc1NCCCN1CCOCC1. The number of benzene rings is 1. The summed E-state index contributed by atoms with van der Waals surface area (Å²) in [5, 5.41) is 12.4. The second-order valence-corrected chi connectivity index (χ2v) is 5.41. The van der Waals surface area contributed by atoms with Gasteiger partial charge in [-0.1, -0.05) is 18.2 Å². The van der Waals surface area contributed by atoms with Gasteiger partial charge in [-0.3, -0.25) is 4.90 Å². The smallest absolute Gasteiger partial charge is 0.232 e. The lowest BCUT2D eigenvalue weighted by Gasteiger charge is -2.26. The first-order valence-electron chi connectivity index (χ1n) is 7.87. The molecule has 6 nitrogen and oxygen atoms in total. The van der Waals surface area contributed by atoms with Crippen LogP contribution >= 0.6 is 0 Å². The van der Waals surface area contributed by atoms with Gasteiger partial charge < -0.3 is 14.5 Å². The Morgan fingerprint density at radius 2 is 2.00 bits per heavy atom. The van der Waals surface area contributed by atoms with Crippen LogP contribution in [0.25, 0.3) is 11.5 Å². The molecule has 0 bridgehead atoms. The Hall–Kier alpha value is -2.36. The summed E-state index contributed by atoms with van der Waals surface area (Å²) in [5.74, 6) is 0.922. The Balaban J connectivity index is 1.55. The topological polar surface area (TPSA) is 74.3 Å². The van der Waals surface area contributed by atoms with Gasteiger partial charge in [-0.15, -0.1) is 0 Å². The Morgan fingerprint density at radius 1 is 1.22 bits per heavy atom. The standard InChI is InChI=1S/C17H20N4O2/c18-13-15-17(19-7-4-8-21-9-11-22-12-10-21)23-16(20-15)14-5-2-1-3-6-14/h1-3,5-6,19H,4,7-12H2. The first-order valence-corrected chi connectivity index (χ1v) is 7.87. The summed E-state index contributed by atoms with van der Waals surface area (Å²) >= 11 is 0. The largest absolute Gasteiger partial charge is 0.419 e. The van der Waals surface area contributed by atoms with Gasteiger partial charge >= 0.3 is 0 Å². The number of hydrogen-bond acceptors (Lipinski definition) is 6. The van der Waals surface area contributed by atoms with Crippen molar-refractivity contribution in [1.29, 1.82) is 5.26 Å². The maximum atomic E-state index is 9.20. The van der Waals surface area contributed by atoms with Crippen molar-refractivity contribution in [3.63, 3.8) is 0 Å². The second-order valence-electron chi connectivity index (χ2n) is 5.41. The third kappa shape index (κ3) is 4.09. The van der Waals surface area contributed by atoms with E-state index < -0.39 is 0 Å². The van der Waals surface area contributed by atoms with Crippen LogP contribution in [0.15, 0.2) is 34.7 Å². The van der Waals surface area contributed by atoms with Crippen molar-refractivity contribution in [2.75, 3.05) is 44.7 Å². The highest BCUT2D eigenvalue weighted by Crippen LogP contribution is 2.24. The summed E-state index contributed by atoms with van der Waals surface area (Å²) in [6, 6.07) is 11.7. The zero-order valence-corrected chi connectivity index (χ0v) is 13.0. The molecule has 1 aliphatic rings. The molecular weight excluding hydrogens is 292 g/mol. The Labute approximate surface area is 135 Å². The predicted molar refractivity (Wildman–Crippen MR) is 87.0 cm³/mol. The summed E-state index contributed by atoms with van der Waals surface area (Å²) < 4.78 is 11.0. The molecule has 0 aliphatic carbocycles. The number of anilines is 1. The molecule has 1 aliphatic heterocycles. The summed E-state index contributed by atoms with van der Waals surface area (Å²) in [4.78, 5) is 6.63. The van der Waals surface area contributed by atoms with Crippen LogP contribution in [0.5, 0.6) is 0 Å². The molecule has 1 fully saturated rings. The minimum atomic E-state index is 0.301. The summed E-state index contributed by atoms with van der Waals surface area (Å²) in [6.07, 6.45) is 0.978. The highest BCUT2D eigenvalue weighted by Gasteiger charge is 2.14. The number of nitrogens with one attached hydrogen (secondary N) is 1. The number of ether oxygens (including phenoxy) is 1. The van der Waals surface area contributed by atoms with E-state index >= 15 is 0 Å². The molecule has 3 rings (SSSR count). The molecule has 0 saturated carbocycles. The van der Waals surface area contributed by atoms with Crippen molar-refractivity contribution in [3.8, 4) is 17.5 Å². The van der Waals surface area contributed by atoms with Crippen molar-refractivity contribution < 1.29 is 9.15 Å². The second kappa shape index (κ2) is 7.77. The lowest BCUT2D eigenvalue weighted by molar-refractivity contribution is 0.0378. The molecule has 2 aromatic rings. The van der Waals surface area contributed by atoms with Crippen LogP contribution in [0.1, 0.15) is 12.1 Å². The van der Waals surface area contributed by atoms with Crippen LogP contribution in [0, 0.1) is 11.3 Å². The first-order chi connectivity index (χ1) is 11.4. The van der Waals surface area contributed by atoms with Gasteiger partial charge in [0.1, 0.15) is 6.07 Å². The van der Waals surface area contributed by atoms with Gasteiger partial charge in [-0.2, -0.15) is 10.2 Å². The molecular formula is C17H20N4O2. The van der Waals surface area contributed by atoms with E-state index in [1.165, 1.54) is 0 Å². The molecule has 1 N–H and O–H groups in total. The van der Waals surface area contributed by atoms with E-state index in [0.29, 0.717) is 17.5 Å². The highest BCUT2D eigenvalue weighted by molar-refractivity contribution is 5.58. The lowest BCUT2D eigenvalue weighted by atomic mass is 10.2. The minimum Gasteiger partial charge on any atom is -0.419 e. The van der Waals surface area contributed by atoms with Crippen molar-refractivity contribution in [1.82, 2.24) is 9.88 Å². The Morgan fingerprint density at radius 3 is 2.74 bits per heavy atom. The molecule has 0 unspecified atom stereocenters. The Bertz CT molecular complexity index is 657. The van der Waals surface area contributed by atoms with E-state index in [1.807, 2.05) is 30.3 Å². The number of rotatable bonds is 6. The van der Waals surface area contributed by atoms with Crippen LogP contribution in [-0.4, -0.2) is 49.3 Å². The van der Waals surface area contributed by atoms with Gasteiger partial charge in [0.15, 0.2) is 0 Å². The first kappa shape index (κ1) is 15.5. The molecule has 2 heterocycles. The fourth-order valence-corrected chi connectivity index (χ4v) is 2.55. The predicted octanol–water partition coefficient (Wildman–Crippen LogP) is 2.35. The van der Waals surface area contributed by atoms with E-state index in [9.17, 15) is 5.26 Å². The summed E-state index contributed by atoms with van der Waals surface area (Å²) in [7, 11) is 0. The molecule has 120 valence electrons. The molecule has 1 saturated heterocycles. The van der Waals surface area contributed by atoms with Crippen molar-refractivity contribution in [2.24, 2.45) is 0 Å². The lowest BCUT2D eigenvalue weighted by Crippen LogP contribution is -2.37. The normalized spacial score (nSPS) is 15.3. The van der Waals surface area contributed by atoms with Gasteiger partial charge in [0, 0.05) is 25.2 Å². The van der Waals surface area contributed by atoms with Crippen molar-refractivity contribution in [2.45, 2.75) is 6.42 Å². The zero-order chi connectivity index (χ0) is 15.9. The molecule has 0 spiro atoms. The Kier molecular flexibility index (Phi) is 5.25. The number of oxazole rings is 1. The van der Waals surface area contributed by atoms with Crippen LogP contribution in [0.2, 0.25) is 0 Å². The highest BCUT2D eigenvalue weighted by atomic mass is 16.5. The van der Waals surface area contributed by atoms with Gasteiger partial charge in [-0.05, 0) is 25.1 Å². The summed E-state index contributed by atoms with van der Waals surface area (Å²) in [5.41, 5.74) is 1.17. The van der Waals surface area contributed by atoms with E-state index in [2.05, 4.69) is 21.3 Å². The van der Waals surface area contributed by atoms with Crippen LogP contribution < -0.4 is 5.32 Å². The average molecular weight is 312 g/mol. The van der Waals surface area contributed by atoms with Crippen LogP contribution in [-0.2, 0) is 4.74 Å². The number of hydrogen-bond donors (Lipinski definition) is 1. The average Bonchev–Trinajstić information content (AvgIpc) is 3.04. The van der Waals surface area contributed by atoms with Crippen LogP contribution in [0.3, 0.4) is 0 Å². The molecule has 1 aromatic heterocycles. The molecule has 0 amide bonds. The van der Waals surface area contributed by atoms with E-state index in [-0.39, 0.29) is 0 Å². The van der Waals surface area contributed by atoms with Gasteiger partial charge in [0.2, 0.25) is 17.5 Å². The maximum absolute atomic E-state index is 9.20.